The van der Waals surface area contributed by atoms with Crippen LogP contribution in [0, 0.1) is 13.8 Å². The quantitative estimate of drug-likeness (QED) is 0.464. The smallest absolute Gasteiger partial charge is 0.338 e. The maximum absolute atomic E-state index is 12.7. The van der Waals surface area contributed by atoms with Gasteiger partial charge in [-0.05, 0) is 54.8 Å². The van der Waals surface area contributed by atoms with Gasteiger partial charge in [0, 0.05) is 12.2 Å². The van der Waals surface area contributed by atoms with E-state index in [9.17, 15) is 18.0 Å². The third-order valence-electron chi connectivity index (χ3n) is 4.98. The van der Waals surface area contributed by atoms with Gasteiger partial charge in [0.2, 0.25) is 10.0 Å². The van der Waals surface area contributed by atoms with Crippen molar-refractivity contribution in [3.63, 3.8) is 0 Å². The predicted molar refractivity (Wildman–Crippen MR) is 127 cm³/mol. The number of sulfonamides is 1. The molecule has 0 atom stereocenters. The average molecular weight is 487 g/mol. The molecule has 3 aromatic carbocycles. The summed E-state index contributed by atoms with van der Waals surface area (Å²) in [7, 11) is -3.99. The first-order chi connectivity index (χ1) is 15.7. The van der Waals surface area contributed by atoms with Gasteiger partial charge in [-0.1, -0.05) is 54.1 Å². The molecule has 0 saturated carbocycles. The Bertz CT molecular complexity index is 1280. The lowest BCUT2D eigenvalue weighted by Gasteiger charge is -2.12. The second-order valence-corrected chi connectivity index (χ2v) is 9.47. The molecular weight excluding hydrogens is 464 g/mol. The van der Waals surface area contributed by atoms with Crippen molar-refractivity contribution in [2.24, 2.45) is 0 Å². The molecule has 3 aromatic rings. The van der Waals surface area contributed by atoms with E-state index < -0.39 is 28.5 Å². The van der Waals surface area contributed by atoms with Crippen LogP contribution in [0.3, 0.4) is 0 Å². The van der Waals surface area contributed by atoms with Gasteiger partial charge < -0.3 is 10.1 Å². The number of anilines is 1. The van der Waals surface area contributed by atoms with Gasteiger partial charge >= 0.3 is 5.97 Å². The average Bonchev–Trinajstić information content (AvgIpc) is 2.80. The van der Waals surface area contributed by atoms with E-state index in [1.165, 1.54) is 12.1 Å². The summed E-state index contributed by atoms with van der Waals surface area (Å²) < 4.78 is 33.0. The number of esters is 1. The van der Waals surface area contributed by atoms with Crippen LogP contribution in [-0.4, -0.2) is 26.9 Å². The number of hydrogen-bond acceptors (Lipinski definition) is 5. The predicted octanol–water partition coefficient (Wildman–Crippen LogP) is 4.23. The van der Waals surface area contributed by atoms with Crippen LogP contribution >= 0.6 is 11.6 Å². The van der Waals surface area contributed by atoms with Crippen LogP contribution in [0.5, 0.6) is 0 Å². The zero-order valence-electron chi connectivity index (χ0n) is 18.1. The fourth-order valence-electron chi connectivity index (χ4n) is 2.98. The van der Waals surface area contributed by atoms with Crippen LogP contribution < -0.4 is 10.0 Å². The first kappa shape index (κ1) is 24.4. The highest BCUT2D eigenvalue weighted by molar-refractivity contribution is 7.89. The minimum Gasteiger partial charge on any atom is -0.452 e. The van der Waals surface area contributed by atoms with Crippen LogP contribution in [0.25, 0.3) is 0 Å². The van der Waals surface area contributed by atoms with Crippen LogP contribution in [0.15, 0.2) is 71.6 Å². The highest BCUT2D eigenvalue weighted by Gasteiger charge is 2.21. The topological polar surface area (TPSA) is 102 Å². The van der Waals surface area contributed by atoms with Gasteiger partial charge in [-0.2, -0.15) is 0 Å². The van der Waals surface area contributed by atoms with E-state index in [-0.39, 0.29) is 22.0 Å². The minimum atomic E-state index is -3.99. The number of amides is 1. The first-order valence-electron chi connectivity index (χ1n) is 10.0. The molecule has 0 aliphatic carbocycles. The van der Waals surface area contributed by atoms with Crippen molar-refractivity contribution in [2.45, 2.75) is 25.3 Å². The van der Waals surface area contributed by atoms with Crippen LogP contribution in [-0.2, 0) is 26.1 Å². The van der Waals surface area contributed by atoms with Crippen molar-refractivity contribution < 1.29 is 22.7 Å². The lowest BCUT2D eigenvalue weighted by molar-refractivity contribution is -0.119. The number of carbonyl (C=O) groups is 2. The van der Waals surface area contributed by atoms with E-state index in [4.69, 9.17) is 16.3 Å². The molecule has 33 heavy (non-hydrogen) atoms. The number of rotatable bonds is 8. The molecule has 0 bridgehead atoms. The minimum absolute atomic E-state index is 0.0419. The number of ether oxygens (including phenoxy) is 1. The van der Waals surface area contributed by atoms with Crippen molar-refractivity contribution in [2.75, 3.05) is 11.9 Å². The number of aryl methyl sites for hydroxylation is 1. The van der Waals surface area contributed by atoms with E-state index in [0.717, 1.165) is 22.8 Å². The normalized spacial score (nSPS) is 11.1. The van der Waals surface area contributed by atoms with Crippen molar-refractivity contribution in [1.29, 1.82) is 0 Å². The van der Waals surface area contributed by atoms with Crippen molar-refractivity contribution in [3.8, 4) is 0 Å². The third-order valence-corrected chi connectivity index (χ3v) is 6.86. The van der Waals surface area contributed by atoms with Gasteiger partial charge in [0.05, 0.1) is 10.6 Å². The number of hydrogen-bond donors (Lipinski definition) is 2. The lowest BCUT2D eigenvalue weighted by atomic mass is 10.1. The van der Waals surface area contributed by atoms with Gasteiger partial charge in [0.25, 0.3) is 5.91 Å². The molecule has 0 aliphatic rings. The SMILES string of the molecule is Cc1cccc(NC(=O)COC(=O)c2ccc(Cl)c(S(=O)(=O)NCc3ccccc3)c2)c1C. The zero-order valence-corrected chi connectivity index (χ0v) is 19.7. The molecule has 1 amide bonds. The molecule has 0 aromatic heterocycles. The Hall–Kier alpha value is -3.20. The second kappa shape index (κ2) is 10.6. The molecule has 0 heterocycles. The molecule has 0 radical (unpaired) electrons. The summed E-state index contributed by atoms with van der Waals surface area (Å²) in [5.74, 6) is -1.36. The standard InChI is InChI=1S/C24H23ClN2O5S/c1-16-7-6-10-21(17(16)2)27-23(28)15-32-24(29)19-11-12-20(25)22(13-19)33(30,31)26-14-18-8-4-3-5-9-18/h3-13,26H,14-15H2,1-2H3,(H,27,28). The summed E-state index contributed by atoms with van der Waals surface area (Å²) in [6.07, 6.45) is 0. The summed E-state index contributed by atoms with van der Waals surface area (Å²) in [5, 5.41) is 2.65. The fraction of sp³-hybridized carbons (Fsp3) is 0.167. The molecule has 0 fully saturated rings. The van der Waals surface area contributed by atoms with E-state index in [1.807, 2.05) is 32.0 Å². The van der Waals surface area contributed by atoms with Gasteiger partial charge in [0.15, 0.2) is 6.61 Å². The zero-order chi connectivity index (χ0) is 24.0. The first-order valence-corrected chi connectivity index (χ1v) is 11.9. The summed E-state index contributed by atoms with van der Waals surface area (Å²) in [5.41, 5.74) is 3.27. The van der Waals surface area contributed by atoms with Crippen molar-refractivity contribution in [3.05, 3.63) is 94.0 Å². The summed E-state index contributed by atoms with van der Waals surface area (Å²) >= 11 is 6.08. The highest BCUT2D eigenvalue weighted by Crippen LogP contribution is 2.23. The molecule has 0 saturated heterocycles. The maximum atomic E-state index is 12.7. The molecule has 172 valence electrons. The Labute approximate surface area is 197 Å². The maximum Gasteiger partial charge on any atom is 0.338 e. The molecule has 0 spiro atoms. The van der Waals surface area contributed by atoms with Gasteiger partial charge in [-0.15, -0.1) is 0 Å². The van der Waals surface area contributed by atoms with Crippen LogP contribution in [0.2, 0.25) is 5.02 Å². The third kappa shape index (κ3) is 6.41. The van der Waals surface area contributed by atoms with Crippen molar-refractivity contribution >= 4 is 39.2 Å². The van der Waals surface area contributed by atoms with E-state index >= 15 is 0 Å². The van der Waals surface area contributed by atoms with E-state index in [1.54, 1.807) is 30.3 Å². The summed E-state index contributed by atoms with van der Waals surface area (Å²) in [6.45, 7) is 3.33. The Balaban J connectivity index is 1.66. The number of benzene rings is 3. The number of nitrogens with one attached hydrogen (secondary N) is 2. The molecule has 0 unspecified atom stereocenters. The molecule has 9 heteroatoms. The number of carbonyl (C=O) groups excluding carboxylic acids is 2. The van der Waals surface area contributed by atoms with Crippen LogP contribution in [0.1, 0.15) is 27.0 Å². The summed E-state index contributed by atoms with van der Waals surface area (Å²) in [6, 6.07) is 18.2. The molecule has 7 nitrogen and oxygen atoms in total. The van der Waals surface area contributed by atoms with E-state index in [0.29, 0.717) is 5.69 Å². The Morgan fingerprint density at radius 2 is 1.70 bits per heavy atom. The van der Waals surface area contributed by atoms with Gasteiger partial charge in [0.1, 0.15) is 4.90 Å². The molecular formula is C24H23ClN2O5S. The monoisotopic (exact) mass is 486 g/mol. The summed E-state index contributed by atoms with van der Waals surface area (Å²) in [4.78, 5) is 24.4. The largest absolute Gasteiger partial charge is 0.452 e. The molecule has 3 rings (SSSR count). The van der Waals surface area contributed by atoms with E-state index in [2.05, 4.69) is 10.0 Å². The second-order valence-electron chi connectivity index (χ2n) is 7.33. The Morgan fingerprint density at radius 1 is 0.970 bits per heavy atom. The van der Waals surface area contributed by atoms with Crippen molar-refractivity contribution in [1.82, 2.24) is 4.72 Å². The Kier molecular flexibility index (Phi) is 7.86. The lowest BCUT2D eigenvalue weighted by Crippen LogP contribution is -2.24. The highest BCUT2D eigenvalue weighted by atomic mass is 35.5. The molecule has 0 aliphatic heterocycles. The molecule has 2 N–H and O–H groups in total. The number of halogens is 1. The van der Waals surface area contributed by atoms with Gasteiger partial charge in [-0.3, -0.25) is 4.79 Å². The fourth-order valence-corrected chi connectivity index (χ4v) is 4.52. The van der Waals surface area contributed by atoms with Crippen LogP contribution in [0.4, 0.5) is 5.69 Å². The Morgan fingerprint density at radius 3 is 2.42 bits per heavy atom. The van der Waals surface area contributed by atoms with Gasteiger partial charge in [-0.25, -0.2) is 17.9 Å².